The Labute approximate surface area is 140 Å². The molecule has 116 valence electrons. The largest absolute Gasteiger partial charge is 0.382 e. The summed E-state index contributed by atoms with van der Waals surface area (Å²) in [5.74, 6) is 1.35. The molecule has 1 fully saturated rings. The topological polar surface area (TPSA) is 50.7 Å². The number of hydrogen-bond donors (Lipinski definition) is 1. The van der Waals surface area contributed by atoms with Crippen LogP contribution in [0.4, 0.5) is 0 Å². The summed E-state index contributed by atoms with van der Waals surface area (Å²) in [6, 6.07) is 6.59. The third-order valence-electron chi connectivity index (χ3n) is 5.79. The van der Waals surface area contributed by atoms with Crippen LogP contribution in [0.15, 0.2) is 32.7 Å². The van der Waals surface area contributed by atoms with Gasteiger partial charge in [0, 0.05) is 15.5 Å². The highest BCUT2D eigenvalue weighted by atomic mass is 79.9. The Kier molecular flexibility index (Phi) is 3.06. The average Bonchev–Trinajstić information content (AvgIpc) is 2.88. The molecule has 3 aliphatic rings. The third kappa shape index (κ3) is 1.79. The number of amidine groups is 1. The van der Waals surface area contributed by atoms with Crippen molar-refractivity contribution in [2.75, 3.05) is 0 Å². The van der Waals surface area contributed by atoms with E-state index >= 15 is 0 Å². The number of nitrogens with two attached hydrogens (primary N) is 1. The summed E-state index contributed by atoms with van der Waals surface area (Å²) in [5.41, 5.74) is 9.34. The van der Waals surface area contributed by atoms with E-state index in [0.717, 1.165) is 22.5 Å². The highest BCUT2D eigenvalue weighted by molar-refractivity contribution is 9.10. The lowest BCUT2D eigenvalue weighted by molar-refractivity contribution is 0.0662. The third-order valence-corrected chi connectivity index (χ3v) is 6.28. The van der Waals surface area contributed by atoms with Gasteiger partial charge >= 0.3 is 0 Å². The van der Waals surface area contributed by atoms with Crippen LogP contribution in [0.2, 0.25) is 0 Å². The van der Waals surface area contributed by atoms with Gasteiger partial charge in [-0.05, 0) is 49.8 Å². The standard InChI is InChI=1S/C18H22BrN3/c1-11-4-3-7-17(9-11)10-13-5-6-14(19)8-15(13)18(17)21-12(2)16(20)22-18/h5-6,8,11H,3-4,7,9-10H2,1-2H3,(H2,20,22). The first-order valence-corrected chi connectivity index (χ1v) is 8.96. The molecule has 1 saturated carbocycles. The predicted molar refractivity (Wildman–Crippen MR) is 94.3 cm³/mol. The zero-order chi connectivity index (χ0) is 15.5. The predicted octanol–water partition coefficient (Wildman–Crippen LogP) is 4.19. The molecule has 0 aromatic heterocycles. The maximum Gasteiger partial charge on any atom is 0.184 e. The quantitative estimate of drug-likeness (QED) is 0.741. The summed E-state index contributed by atoms with van der Waals surface area (Å²) < 4.78 is 1.10. The lowest BCUT2D eigenvalue weighted by atomic mass is 9.63. The fourth-order valence-electron chi connectivity index (χ4n) is 4.88. The first kappa shape index (κ1) is 14.4. The summed E-state index contributed by atoms with van der Waals surface area (Å²) in [6.45, 7) is 4.36. The Morgan fingerprint density at radius 1 is 1.32 bits per heavy atom. The summed E-state index contributed by atoms with van der Waals surface area (Å²) in [5, 5.41) is 0. The first-order valence-electron chi connectivity index (χ1n) is 8.17. The van der Waals surface area contributed by atoms with Crippen LogP contribution in [0.5, 0.6) is 0 Å². The number of halogens is 1. The van der Waals surface area contributed by atoms with Crippen LogP contribution in [-0.4, -0.2) is 11.5 Å². The van der Waals surface area contributed by atoms with Gasteiger partial charge in [-0.1, -0.05) is 41.8 Å². The van der Waals surface area contributed by atoms with E-state index in [2.05, 4.69) is 41.1 Å². The number of hydrogen-bond acceptors (Lipinski definition) is 3. The van der Waals surface area contributed by atoms with E-state index in [4.69, 9.17) is 15.7 Å². The highest BCUT2D eigenvalue weighted by Crippen LogP contribution is 2.62. The van der Waals surface area contributed by atoms with E-state index in [1.807, 2.05) is 6.92 Å². The molecule has 1 aliphatic heterocycles. The van der Waals surface area contributed by atoms with Gasteiger partial charge in [-0.15, -0.1) is 0 Å². The molecule has 1 aromatic rings. The minimum Gasteiger partial charge on any atom is -0.382 e. The highest BCUT2D eigenvalue weighted by Gasteiger charge is 2.60. The maximum absolute atomic E-state index is 6.16. The van der Waals surface area contributed by atoms with Crippen molar-refractivity contribution < 1.29 is 0 Å². The van der Waals surface area contributed by atoms with Gasteiger partial charge in [0.25, 0.3) is 0 Å². The van der Waals surface area contributed by atoms with Gasteiger partial charge in [-0.3, -0.25) is 4.99 Å². The van der Waals surface area contributed by atoms with Crippen LogP contribution in [0.25, 0.3) is 0 Å². The Balaban J connectivity index is 1.95. The van der Waals surface area contributed by atoms with Crippen molar-refractivity contribution in [2.45, 2.75) is 51.6 Å². The zero-order valence-electron chi connectivity index (χ0n) is 13.2. The lowest BCUT2D eigenvalue weighted by Gasteiger charge is -2.45. The van der Waals surface area contributed by atoms with Crippen LogP contribution in [0.1, 0.15) is 50.7 Å². The number of aliphatic imine (C=N–C) groups is 2. The van der Waals surface area contributed by atoms with Gasteiger partial charge in [-0.25, -0.2) is 4.99 Å². The van der Waals surface area contributed by atoms with Crippen LogP contribution in [0, 0.1) is 11.3 Å². The van der Waals surface area contributed by atoms with Crippen molar-refractivity contribution >= 4 is 27.5 Å². The summed E-state index contributed by atoms with van der Waals surface area (Å²) in [6.07, 6.45) is 6.04. The van der Waals surface area contributed by atoms with Crippen molar-refractivity contribution in [1.29, 1.82) is 0 Å². The Bertz CT molecular complexity index is 688. The fraction of sp³-hybridized carbons (Fsp3) is 0.556. The Morgan fingerprint density at radius 3 is 2.82 bits per heavy atom. The summed E-state index contributed by atoms with van der Waals surface area (Å²) >= 11 is 3.62. The van der Waals surface area contributed by atoms with E-state index in [9.17, 15) is 0 Å². The zero-order valence-corrected chi connectivity index (χ0v) is 14.8. The van der Waals surface area contributed by atoms with Gasteiger partial charge < -0.3 is 5.73 Å². The molecule has 2 aliphatic carbocycles. The van der Waals surface area contributed by atoms with Crippen molar-refractivity contribution in [3.63, 3.8) is 0 Å². The van der Waals surface area contributed by atoms with Crippen molar-refractivity contribution in [1.82, 2.24) is 0 Å². The van der Waals surface area contributed by atoms with Crippen LogP contribution in [-0.2, 0) is 12.1 Å². The summed E-state index contributed by atoms with van der Waals surface area (Å²) in [4.78, 5) is 10.0. The first-order chi connectivity index (χ1) is 10.5. The molecule has 22 heavy (non-hydrogen) atoms. The van der Waals surface area contributed by atoms with E-state index in [1.54, 1.807) is 0 Å². The SMILES string of the molecule is CC1=NC2(N=C1N)c1cc(Br)ccc1CC21CCCC(C)C1. The molecule has 1 aromatic carbocycles. The molecule has 3 unspecified atom stereocenters. The number of fused-ring (bicyclic) bond motifs is 3. The maximum atomic E-state index is 6.16. The minimum absolute atomic E-state index is 0.107. The van der Waals surface area contributed by atoms with Gasteiger partial charge in [-0.2, -0.15) is 0 Å². The number of nitrogens with zero attached hydrogens (tertiary/aromatic N) is 2. The second kappa shape index (κ2) is 4.67. The second-order valence-electron chi connectivity index (χ2n) is 7.33. The molecule has 0 saturated heterocycles. The molecule has 4 heteroatoms. The Morgan fingerprint density at radius 2 is 2.14 bits per heavy atom. The average molecular weight is 360 g/mol. The van der Waals surface area contributed by atoms with Crippen LogP contribution in [0.3, 0.4) is 0 Å². The molecular weight excluding hydrogens is 338 g/mol. The second-order valence-corrected chi connectivity index (χ2v) is 8.24. The fourth-order valence-corrected chi connectivity index (χ4v) is 5.24. The van der Waals surface area contributed by atoms with E-state index in [1.165, 1.54) is 36.8 Å². The van der Waals surface area contributed by atoms with Gasteiger partial charge in [0.15, 0.2) is 5.66 Å². The van der Waals surface area contributed by atoms with E-state index in [-0.39, 0.29) is 5.41 Å². The molecule has 2 spiro atoms. The molecule has 2 N–H and O–H groups in total. The van der Waals surface area contributed by atoms with Crippen molar-refractivity contribution in [2.24, 2.45) is 27.1 Å². The molecule has 1 heterocycles. The monoisotopic (exact) mass is 359 g/mol. The van der Waals surface area contributed by atoms with E-state index in [0.29, 0.717) is 5.84 Å². The summed E-state index contributed by atoms with van der Waals surface area (Å²) in [7, 11) is 0. The van der Waals surface area contributed by atoms with Crippen molar-refractivity contribution in [3.8, 4) is 0 Å². The normalized spacial score (nSPS) is 36.6. The van der Waals surface area contributed by atoms with Gasteiger partial charge in [0.2, 0.25) is 0 Å². The molecule has 4 rings (SSSR count). The Hall–Kier alpha value is -1.16. The van der Waals surface area contributed by atoms with Gasteiger partial charge in [0.1, 0.15) is 5.84 Å². The number of rotatable bonds is 0. The van der Waals surface area contributed by atoms with Crippen molar-refractivity contribution in [3.05, 3.63) is 33.8 Å². The minimum atomic E-state index is -0.477. The van der Waals surface area contributed by atoms with Gasteiger partial charge in [0.05, 0.1) is 5.71 Å². The molecule has 0 bridgehead atoms. The van der Waals surface area contributed by atoms with E-state index < -0.39 is 5.66 Å². The molecule has 3 nitrogen and oxygen atoms in total. The smallest absolute Gasteiger partial charge is 0.184 e. The lowest BCUT2D eigenvalue weighted by Crippen LogP contribution is -2.42. The number of benzene rings is 1. The van der Waals surface area contributed by atoms with Crippen LogP contribution < -0.4 is 5.73 Å². The molecular formula is C18H22BrN3. The van der Waals surface area contributed by atoms with Crippen LogP contribution >= 0.6 is 15.9 Å². The molecule has 0 amide bonds. The molecule has 3 atom stereocenters. The molecule has 0 radical (unpaired) electrons.